The van der Waals surface area contributed by atoms with Crippen LogP contribution in [-0.2, 0) is 6.54 Å². The van der Waals surface area contributed by atoms with E-state index in [0.717, 1.165) is 17.9 Å². The van der Waals surface area contributed by atoms with E-state index in [4.69, 9.17) is 21.1 Å². The number of ether oxygens (including phenoxy) is 2. The third kappa shape index (κ3) is 3.58. The molecule has 1 atom stereocenters. The number of rotatable bonds is 6. The van der Waals surface area contributed by atoms with Crippen molar-refractivity contribution in [1.29, 1.82) is 0 Å². The normalized spacial score (nSPS) is 15.4. The van der Waals surface area contributed by atoms with E-state index in [1.807, 2.05) is 12.1 Å². The highest BCUT2D eigenvalue weighted by Gasteiger charge is 2.17. The molecule has 2 rings (SSSR count). The Morgan fingerprint density at radius 3 is 2.60 bits per heavy atom. The summed E-state index contributed by atoms with van der Waals surface area (Å²) >= 11 is 6.25. The lowest BCUT2D eigenvalue weighted by Gasteiger charge is -2.24. The zero-order valence-electron chi connectivity index (χ0n) is 12.5. The molecule has 0 fully saturated rings. The monoisotopic (exact) mass is 297 g/mol. The maximum Gasteiger partial charge on any atom is 0.179 e. The Labute approximate surface area is 126 Å². The highest BCUT2D eigenvalue weighted by Crippen LogP contribution is 2.38. The Bertz CT molecular complexity index is 446. The van der Waals surface area contributed by atoms with Gasteiger partial charge in [0.15, 0.2) is 11.5 Å². The van der Waals surface area contributed by atoms with Gasteiger partial charge in [-0.1, -0.05) is 38.3 Å². The fourth-order valence-electron chi connectivity index (χ4n) is 2.71. The average Bonchev–Trinajstić information content (AvgIpc) is 2.46. The summed E-state index contributed by atoms with van der Waals surface area (Å²) in [6.45, 7) is 8.69. The summed E-state index contributed by atoms with van der Waals surface area (Å²) in [4.78, 5) is 0. The van der Waals surface area contributed by atoms with E-state index in [0.29, 0.717) is 35.9 Å². The number of nitrogens with one attached hydrogen (secondary N) is 1. The minimum Gasteiger partial charge on any atom is -0.486 e. The molecule has 3 nitrogen and oxygen atoms in total. The zero-order valence-corrected chi connectivity index (χ0v) is 13.3. The minimum absolute atomic E-state index is 0.497. The van der Waals surface area contributed by atoms with Crippen LogP contribution < -0.4 is 14.8 Å². The Hall–Kier alpha value is -0.930. The summed E-state index contributed by atoms with van der Waals surface area (Å²) < 4.78 is 11.1. The lowest BCUT2D eigenvalue weighted by molar-refractivity contribution is 0.171. The Morgan fingerprint density at radius 2 is 1.90 bits per heavy atom. The van der Waals surface area contributed by atoms with Crippen molar-refractivity contribution in [2.45, 2.75) is 46.2 Å². The first-order valence-corrected chi connectivity index (χ1v) is 7.84. The SMILES string of the molecule is CCC(CC)C(C)NCc1cc(Cl)c2c(c1)OCCO2. The van der Waals surface area contributed by atoms with Gasteiger partial charge in [-0.05, 0) is 30.5 Å². The van der Waals surface area contributed by atoms with E-state index in [9.17, 15) is 0 Å². The van der Waals surface area contributed by atoms with Crippen molar-refractivity contribution < 1.29 is 9.47 Å². The van der Waals surface area contributed by atoms with Crippen molar-refractivity contribution in [3.8, 4) is 11.5 Å². The largest absolute Gasteiger partial charge is 0.486 e. The molecule has 1 heterocycles. The molecule has 0 bridgehead atoms. The van der Waals surface area contributed by atoms with E-state index in [1.165, 1.54) is 12.8 Å². The molecule has 1 aromatic rings. The second-order valence-corrected chi connectivity index (χ2v) is 5.76. The molecule has 1 aliphatic rings. The standard InChI is InChI=1S/C16H24ClNO2/c1-4-13(5-2)11(3)18-10-12-8-14(17)16-15(9-12)19-6-7-20-16/h8-9,11,13,18H,4-7,10H2,1-3H3. The molecule has 0 saturated heterocycles. The van der Waals surface area contributed by atoms with Crippen molar-refractivity contribution in [3.05, 3.63) is 22.7 Å². The van der Waals surface area contributed by atoms with E-state index >= 15 is 0 Å². The van der Waals surface area contributed by atoms with Crippen LogP contribution in [0, 0.1) is 5.92 Å². The zero-order chi connectivity index (χ0) is 14.5. The summed E-state index contributed by atoms with van der Waals surface area (Å²) in [5.41, 5.74) is 1.14. The van der Waals surface area contributed by atoms with Gasteiger partial charge in [0.25, 0.3) is 0 Å². The van der Waals surface area contributed by atoms with Crippen molar-refractivity contribution in [1.82, 2.24) is 5.32 Å². The van der Waals surface area contributed by atoms with Crippen LogP contribution in [0.1, 0.15) is 39.2 Å². The predicted octanol–water partition coefficient (Wildman–Crippen LogP) is 4.03. The van der Waals surface area contributed by atoms with Gasteiger partial charge in [0, 0.05) is 12.6 Å². The molecular formula is C16H24ClNO2. The molecule has 0 aliphatic carbocycles. The fraction of sp³-hybridized carbons (Fsp3) is 0.625. The lowest BCUT2D eigenvalue weighted by Crippen LogP contribution is -2.32. The molecule has 1 aromatic carbocycles. The van der Waals surface area contributed by atoms with Gasteiger partial charge in [-0.15, -0.1) is 0 Å². The summed E-state index contributed by atoms with van der Waals surface area (Å²) in [5, 5.41) is 4.21. The second-order valence-electron chi connectivity index (χ2n) is 5.35. The lowest BCUT2D eigenvalue weighted by atomic mass is 9.95. The molecule has 1 unspecified atom stereocenters. The van der Waals surface area contributed by atoms with Gasteiger partial charge in [0.2, 0.25) is 0 Å². The van der Waals surface area contributed by atoms with Crippen LogP contribution in [0.3, 0.4) is 0 Å². The van der Waals surface area contributed by atoms with Gasteiger partial charge >= 0.3 is 0 Å². The van der Waals surface area contributed by atoms with Crippen molar-refractivity contribution in [2.75, 3.05) is 13.2 Å². The van der Waals surface area contributed by atoms with E-state index < -0.39 is 0 Å². The molecule has 0 amide bonds. The molecule has 20 heavy (non-hydrogen) atoms. The maximum atomic E-state index is 6.25. The third-order valence-electron chi connectivity index (χ3n) is 4.04. The predicted molar refractivity (Wildman–Crippen MR) is 82.8 cm³/mol. The Balaban J connectivity index is 2.01. The molecule has 1 aliphatic heterocycles. The quantitative estimate of drug-likeness (QED) is 0.860. The first-order valence-electron chi connectivity index (χ1n) is 7.47. The van der Waals surface area contributed by atoms with Crippen LogP contribution in [0.15, 0.2) is 12.1 Å². The summed E-state index contributed by atoms with van der Waals surface area (Å²) in [6.07, 6.45) is 2.40. The van der Waals surface area contributed by atoms with Crippen LogP contribution in [0.4, 0.5) is 0 Å². The topological polar surface area (TPSA) is 30.5 Å². The highest BCUT2D eigenvalue weighted by atomic mass is 35.5. The maximum absolute atomic E-state index is 6.25. The first kappa shape index (κ1) is 15.5. The molecule has 112 valence electrons. The summed E-state index contributed by atoms with van der Waals surface area (Å²) in [5.74, 6) is 2.15. The van der Waals surface area contributed by atoms with Gasteiger partial charge in [0.05, 0.1) is 5.02 Å². The Morgan fingerprint density at radius 1 is 1.20 bits per heavy atom. The van der Waals surface area contributed by atoms with Crippen LogP contribution in [0.25, 0.3) is 0 Å². The van der Waals surface area contributed by atoms with Gasteiger partial charge < -0.3 is 14.8 Å². The van der Waals surface area contributed by atoms with E-state index in [2.05, 4.69) is 26.1 Å². The fourth-order valence-corrected chi connectivity index (χ4v) is 3.00. The third-order valence-corrected chi connectivity index (χ3v) is 4.32. The Kier molecular flexibility index (Phi) is 5.55. The van der Waals surface area contributed by atoms with Crippen LogP contribution >= 0.6 is 11.6 Å². The summed E-state index contributed by atoms with van der Waals surface area (Å²) in [7, 11) is 0. The minimum atomic E-state index is 0.497. The van der Waals surface area contributed by atoms with Crippen LogP contribution in [-0.4, -0.2) is 19.3 Å². The van der Waals surface area contributed by atoms with Crippen LogP contribution in [0.5, 0.6) is 11.5 Å². The van der Waals surface area contributed by atoms with Crippen molar-refractivity contribution >= 4 is 11.6 Å². The number of halogens is 1. The van der Waals surface area contributed by atoms with Gasteiger partial charge in [-0.2, -0.15) is 0 Å². The number of hydrogen-bond donors (Lipinski definition) is 1. The number of fused-ring (bicyclic) bond motifs is 1. The molecule has 0 saturated carbocycles. The van der Waals surface area contributed by atoms with Gasteiger partial charge in [-0.3, -0.25) is 0 Å². The average molecular weight is 298 g/mol. The second kappa shape index (κ2) is 7.19. The molecule has 1 N–H and O–H groups in total. The van der Waals surface area contributed by atoms with E-state index in [1.54, 1.807) is 0 Å². The van der Waals surface area contributed by atoms with Gasteiger partial charge in [-0.25, -0.2) is 0 Å². The highest BCUT2D eigenvalue weighted by molar-refractivity contribution is 6.32. The molecule has 0 aromatic heterocycles. The first-order chi connectivity index (χ1) is 9.65. The molecule has 4 heteroatoms. The van der Waals surface area contributed by atoms with Crippen LogP contribution in [0.2, 0.25) is 5.02 Å². The van der Waals surface area contributed by atoms with E-state index in [-0.39, 0.29) is 0 Å². The molecule has 0 radical (unpaired) electrons. The number of benzene rings is 1. The van der Waals surface area contributed by atoms with Gasteiger partial charge in [0.1, 0.15) is 13.2 Å². The molecular weight excluding hydrogens is 274 g/mol. The van der Waals surface area contributed by atoms with Crippen molar-refractivity contribution in [2.24, 2.45) is 5.92 Å². The number of hydrogen-bond acceptors (Lipinski definition) is 3. The molecule has 0 spiro atoms. The smallest absolute Gasteiger partial charge is 0.179 e. The van der Waals surface area contributed by atoms with Crippen molar-refractivity contribution in [3.63, 3.8) is 0 Å². The summed E-state index contributed by atoms with van der Waals surface area (Å²) in [6, 6.07) is 4.48.